The molecule has 3 nitrogen and oxygen atoms in total. The number of halogens is 2. The molecular weight excluding hydrogens is 289 g/mol. The molecule has 0 saturated heterocycles. The molecular formula is C12H15BrFNO2. The lowest BCUT2D eigenvalue weighted by Gasteiger charge is -2.15. The highest BCUT2D eigenvalue weighted by Crippen LogP contribution is 2.29. The first-order valence-electron chi connectivity index (χ1n) is 5.29. The molecule has 1 atom stereocenters. The fourth-order valence-electron chi connectivity index (χ4n) is 1.53. The van der Waals surface area contributed by atoms with Crippen molar-refractivity contribution in [2.24, 2.45) is 5.73 Å². The smallest absolute Gasteiger partial charge is 0.305 e. The van der Waals surface area contributed by atoms with Gasteiger partial charge in [0, 0.05) is 11.6 Å². The molecule has 0 aromatic heterocycles. The molecule has 0 bridgehead atoms. The van der Waals surface area contributed by atoms with Gasteiger partial charge in [-0.05, 0) is 33.5 Å². The van der Waals surface area contributed by atoms with Gasteiger partial charge in [-0.1, -0.05) is 19.9 Å². The number of carboxylic acids is 1. The molecule has 0 fully saturated rings. The quantitative estimate of drug-likeness (QED) is 0.898. The van der Waals surface area contributed by atoms with Gasteiger partial charge in [0.2, 0.25) is 0 Å². The van der Waals surface area contributed by atoms with Crippen LogP contribution in [0.25, 0.3) is 0 Å². The molecule has 1 aromatic rings. The number of aliphatic carboxylic acids is 1. The average Bonchev–Trinajstić information content (AvgIpc) is 2.20. The molecule has 3 N–H and O–H groups in total. The monoisotopic (exact) mass is 303 g/mol. The van der Waals surface area contributed by atoms with Crippen LogP contribution in [0.5, 0.6) is 0 Å². The molecule has 94 valence electrons. The van der Waals surface area contributed by atoms with E-state index in [0.29, 0.717) is 4.47 Å². The van der Waals surface area contributed by atoms with E-state index in [1.807, 2.05) is 13.8 Å². The number of carboxylic acid groups (broad SMARTS) is 1. The van der Waals surface area contributed by atoms with E-state index in [0.717, 1.165) is 5.56 Å². The summed E-state index contributed by atoms with van der Waals surface area (Å²) in [5.74, 6) is -1.30. The summed E-state index contributed by atoms with van der Waals surface area (Å²) in [7, 11) is 0. The van der Waals surface area contributed by atoms with Gasteiger partial charge in [-0.15, -0.1) is 0 Å². The Balaban J connectivity index is 3.17. The van der Waals surface area contributed by atoms with E-state index in [4.69, 9.17) is 10.8 Å². The third-order valence-electron chi connectivity index (χ3n) is 2.54. The van der Waals surface area contributed by atoms with Crippen LogP contribution < -0.4 is 5.73 Å². The maximum Gasteiger partial charge on any atom is 0.305 e. The van der Waals surface area contributed by atoms with Crippen molar-refractivity contribution in [2.45, 2.75) is 32.2 Å². The number of rotatable bonds is 4. The minimum atomic E-state index is -1.04. The molecule has 5 heteroatoms. The zero-order valence-electron chi connectivity index (χ0n) is 9.71. The molecule has 17 heavy (non-hydrogen) atoms. The average molecular weight is 304 g/mol. The number of nitrogens with two attached hydrogens (primary N) is 1. The van der Waals surface area contributed by atoms with E-state index in [2.05, 4.69) is 15.9 Å². The summed E-state index contributed by atoms with van der Waals surface area (Å²) in [6.45, 7) is 3.96. The van der Waals surface area contributed by atoms with E-state index in [-0.39, 0.29) is 17.9 Å². The Bertz CT molecular complexity index is 435. The van der Waals surface area contributed by atoms with E-state index in [1.54, 1.807) is 12.1 Å². The van der Waals surface area contributed by atoms with Crippen molar-refractivity contribution in [1.29, 1.82) is 0 Å². The van der Waals surface area contributed by atoms with Crippen molar-refractivity contribution >= 4 is 21.9 Å². The number of carbonyl (C=O) groups is 1. The SMILES string of the molecule is CC(C)c1cc(Br)c(F)c(C(N)CC(=O)O)c1. The van der Waals surface area contributed by atoms with Crippen molar-refractivity contribution in [3.05, 3.63) is 33.5 Å². The van der Waals surface area contributed by atoms with Crippen LogP contribution in [0.15, 0.2) is 16.6 Å². The standard InChI is InChI=1S/C12H15BrFNO2/c1-6(2)7-3-8(10(15)5-11(16)17)12(14)9(13)4-7/h3-4,6,10H,5,15H2,1-2H3,(H,16,17). The normalized spacial score (nSPS) is 12.8. The van der Waals surface area contributed by atoms with E-state index < -0.39 is 17.8 Å². The molecule has 0 heterocycles. The van der Waals surface area contributed by atoms with Crippen LogP contribution in [0.1, 0.15) is 43.4 Å². The topological polar surface area (TPSA) is 63.3 Å². The summed E-state index contributed by atoms with van der Waals surface area (Å²) >= 11 is 3.12. The molecule has 0 radical (unpaired) electrons. The Morgan fingerprint density at radius 3 is 2.59 bits per heavy atom. The number of hydrogen-bond acceptors (Lipinski definition) is 2. The van der Waals surface area contributed by atoms with Crippen LogP contribution in [-0.4, -0.2) is 11.1 Å². The molecule has 0 aliphatic carbocycles. The van der Waals surface area contributed by atoms with Gasteiger partial charge in [0.15, 0.2) is 0 Å². The van der Waals surface area contributed by atoms with E-state index >= 15 is 0 Å². The Hall–Kier alpha value is -0.940. The first kappa shape index (κ1) is 14.1. The Morgan fingerprint density at radius 2 is 2.12 bits per heavy atom. The number of hydrogen-bond donors (Lipinski definition) is 2. The molecule has 1 aromatic carbocycles. The first-order chi connectivity index (χ1) is 7.82. The Labute approximate surface area is 108 Å². The maximum atomic E-state index is 13.8. The largest absolute Gasteiger partial charge is 0.481 e. The van der Waals surface area contributed by atoms with Gasteiger partial charge >= 0.3 is 5.97 Å². The van der Waals surface area contributed by atoms with Crippen LogP contribution in [0.4, 0.5) is 4.39 Å². The van der Waals surface area contributed by atoms with Gasteiger partial charge in [0.05, 0.1) is 10.9 Å². The maximum absolute atomic E-state index is 13.8. The highest BCUT2D eigenvalue weighted by atomic mass is 79.9. The van der Waals surface area contributed by atoms with Gasteiger partial charge in [-0.25, -0.2) is 4.39 Å². The predicted molar refractivity (Wildman–Crippen MR) is 67.4 cm³/mol. The van der Waals surface area contributed by atoms with Gasteiger partial charge in [-0.3, -0.25) is 4.79 Å². The van der Waals surface area contributed by atoms with Gasteiger partial charge in [-0.2, -0.15) is 0 Å². The van der Waals surface area contributed by atoms with Crippen molar-refractivity contribution in [3.8, 4) is 0 Å². The Morgan fingerprint density at radius 1 is 1.53 bits per heavy atom. The summed E-state index contributed by atoms with van der Waals surface area (Å²) in [4.78, 5) is 10.6. The van der Waals surface area contributed by atoms with Gasteiger partial charge in [0.1, 0.15) is 5.82 Å². The summed E-state index contributed by atoms with van der Waals surface area (Å²) < 4.78 is 14.1. The highest BCUT2D eigenvalue weighted by molar-refractivity contribution is 9.10. The fraction of sp³-hybridized carbons (Fsp3) is 0.417. The van der Waals surface area contributed by atoms with Crippen LogP contribution in [0.3, 0.4) is 0 Å². The van der Waals surface area contributed by atoms with Gasteiger partial charge in [0.25, 0.3) is 0 Å². The van der Waals surface area contributed by atoms with Crippen molar-refractivity contribution in [2.75, 3.05) is 0 Å². The van der Waals surface area contributed by atoms with Crippen molar-refractivity contribution < 1.29 is 14.3 Å². The molecule has 0 amide bonds. The van der Waals surface area contributed by atoms with Crippen LogP contribution >= 0.6 is 15.9 Å². The molecule has 0 saturated carbocycles. The number of benzene rings is 1. The second-order valence-corrected chi connectivity index (χ2v) is 5.12. The summed E-state index contributed by atoms with van der Waals surface area (Å²) in [6.07, 6.45) is -0.287. The molecule has 1 unspecified atom stereocenters. The zero-order valence-corrected chi connectivity index (χ0v) is 11.3. The summed E-state index contributed by atoms with van der Waals surface area (Å²) in [5.41, 5.74) is 6.86. The minimum absolute atomic E-state index is 0.225. The van der Waals surface area contributed by atoms with Crippen LogP contribution in [0.2, 0.25) is 0 Å². The molecule has 1 rings (SSSR count). The lowest BCUT2D eigenvalue weighted by atomic mass is 9.96. The summed E-state index contributed by atoms with van der Waals surface area (Å²) in [6, 6.07) is 2.50. The molecule has 0 spiro atoms. The third kappa shape index (κ3) is 3.51. The van der Waals surface area contributed by atoms with Gasteiger partial charge < -0.3 is 10.8 Å². The third-order valence-corrected chi connectivity index (χ3v) is 3.12. The van der Waals surface area contributed by atoms with Crippen molar-refractivity contribution in [1.82, 2.24) is 0 Å². The second kappa shape index (κ2) is 5.60. The Kier molecular flexibility index (Phi) is 4.65. The van der Waals surface area contributed by atoms with Crippen LogP contribution in [0, 0.1) is 5.82 Å². The van der Waals surface area contributed by atoms with E-state index in [9.17, 15) is 9.18 Å². The molecule has 0 aliphatic heterocycles. The zero-order chi connectivity index (χ0) is 13.2. The fourth-order valence-corrected chi connectivity index (χ4v) is 2.03. The minimum Gasteiger partial charge on any atom is -0.481 e. The predicted octanol–water partition coefficient (Wildman–Crippen LogP) is 3.19. The van der Waals surface area contributed by atoms with E-state index in [1.165, 1.54) is 0 Å². The highest BCUT2D eigenvalue weighted by Gasteiger charge is 2.18. The van der Waals surface area contributed by atoms with Crippen LogP contribution in [-0.2, 0) is 4.79 Å². The molecule has 0 aliphatic rings. The lowest BCUT2D eigenvalue weighted by molar-refractivity contribution is -0.137. The lowest BCUT2D eigenvalue weighted by Crippen LogP contribution is -2.17. The second-order valence-electron chi connectivity index (χ2n) is 4.26. The first-order valence-corrected chi connectivity index (χ1v) is 6.08. The van der Waals surface area contributed by atoms with Crippen molar-refractivity contribution in [3.63, 3.8) is 0 Å². The summed E-state index contributed by atoms with van der Waals surface area (Å²) in [5, 5.41) is 8.67.